The normalized spacial score (nSPS) is 14.4. The molecule has 1 aliphatic rings. The van der Waals surface area contributed by atoms with Gasteiger partial charge >= 0.3 is 0 Å². The highest BCUT2D eigenvalue weighted by molar-refractivity contribution is 9.10. The van der Waals surface area contributed by atoms with Crippen LogP contribution in [-0.2, 0) is 9.47 Å². The van der Waals surface area contributed by atoms with Crippen LogP contribution >= 0.6 is 15.9 Å². The molecule has 5 rings (SSSR count). The molecule has 1 saturated heterocycles. The SMILES string of the molecule is CC1(COCCCCCCOc2ccc(-c3ccc(-c4ccc5ccccc5c4)cc3Br)cc2)COC1. The van der Waals surface area contributed by atoms with E-state index in [-0.39, 0.29) is 5.41 Å². The van der Waals surface area contributed by atoms with Crippen LogP contribution in [0.25, 0.3) is 33.0 Å². The van der Waals surface area contributed by atoms with Crippen molar-refractivity contribution in [3.8, 4) is 28.0 Å². The average Bonchev–Trinajstić information content (AvgIpc) is 2.91. The van der Waals surface area contributed by atoms with Crippen molar-refractivity contribution in [2.45, 2.75) is 32.6 Å². The largest absolute Gasteiger partial charge is 0.494 e. The van der Waals surface area contributed by atoms with Gasteiger partial charge in [0.1, 0.15) is 5.75 Å². The van der Waals surface area contributed by atoms with E-state index < -0.39 is 0 Å². The van der Waals surface area contributed by atoms with Crippen LogP contribution in [0, 0.1) is 5.41 Å². The minimum absolute atomic E-state index is 0.251. The second-order valence-electron chi connectivity index (χ2n) is 10.4. The van der Waals surface area contributed by atoms with Crippen LogP contribution < -0.4 is 4.74 Å². The number of rotatable bonds is 12. The first-order chi connectivity index (χ1) is 18.1. The molecule has 0 spiro atoms. The smallest absolute Gasteiger partial charge is 0.119 e. The molecule has 0 atom stereocenters. The van der Waals surface area contributed by atoms with Gasteiger partial charge in [0.15, 0.2) is 0 Å². The fourth-order valence-electron chi connectivity index (χ4n) is 4.73. The minimum Gasteiger partial charge on any atom is -0.494 e. The monoisotopic (exact) mass is 558 g/mol. The second-order valence-corrected chi connectivity index (χ2v) is 11.3. The third-order valence-corrected chi connectivity index (χ3v) is 7.68. The average molecular weight is 560 g/mol. The fourth-order valence-corrected chi connectivity index (χ4v) is 5.34. The molecule has 0 aliphatic carbocycles. The Balaban J connectivity index is 1.07. The van der Waals surface area contributed by atoms with Crippen LogP contribution in [0.3, 0.4) is 0 Å². The number of ether oxygens (including phenoxy) is 3. The zero-order valence-corrected chi connectivity index (χ0v) is 23.1. The quantitative estimate of drug-likeness (QED) is 0.162. The summed E-state index contributed by atoms with van der Waals surface area (Å²) < 4.78 is 18.1. The number of hydrogen-bond acceptors (Lipinski definition) is 3. The first-order valence-corrected chi connectivity index (χ1v) is 14.1. The van der Waals surface area contributed by atoms with Gasteiger partial charge in [0.2, 0.25) is 0 Å². The summed E-state index contributed by atoms with van der Waals surface area (Å²) in [6.45, 7) is 6.30. The Morgan fingerprint density at radius 3 is 2.14 bits per heavy atom. The lowest BCUT2D eigenvalue weighted by Crippen LogP contribution is -2.43. The van der Waals surface area contributed by atoms with Gasteiger partial charge in [0.05, 0.1) is 26.4 Å². The molecule has 0 N–H and O–H groups in total. The molecule has 0 radical (unpaired) electrons. The van der Waals surface area contributed by atoms with E-state index in [4.69, 9.17) is 14.2 Å². The molecule has 4 aromatic rings. The molecule has 37 heavy (non-hydrogen) atoms. The molecular weight excluding hydrogens is 524 g/mol. The number of hydrogen-bond donors (Lipinski definition) is 0. The summed E-state index contributed by atoms with van der Waals surface area (Å²) in [4.78, 5) is 0. The van der Waals surface area contributed by atoms with Crippen LogP contribution in [0.2, 0.25) is 0 Å². The summed E-state index contributed by atoms with van der Waals surface area (Å²) in [5.74, 6) is 0.923. The van der Waals surface area contributed by atoms with E-state index in [0.717, 1.165) is 56.1 Å². The predicted octanol–water partition coefficient (Wildman–Crippen LogP) is 8.93. The number of benzene rings is 4. The summed E-state index contributed by atoms with van der Waals surface area (Å²) >= 11 is 3.80. The maximum absolute atomic E-state index is 5.98. The molecule has 0 saturated carbocycles. The summed E-state index contributed by atoms with van der Waals surface area (Å²) in [6.07, 6.45) is 4.52. The highest BCUT2D eigenvalue weighted by atomic mass is 79.9. The van der Waals surface area contributed by atoms with Crippen LogP contribution in [0.1, 0.15) is 32.6 Å². The zero-order chi connectivity index (χ0) is 25.5. The van der Waals surface area contributed by atoms with Crippen LogP contribution in [-0.4, -0.2) is 33.0 Å². The Morgan fingerprint density at radius 2 is 1.41 bits per heavy atom. The third kappa shape index (κ3) is 6.81. The van der Waals surface area contributed by atoms with Gasteiger partial charge in [-0.3, -0.25) is 0 Å². The molecule has 0 amide bonds. The van der Waals surface area contributed by atoms with Gasteiger partial charge in [0.25, 0.3) is 0 Å². The molecule has 1 fully saturated rings. The van der Waals surface area contributed by atoms with E-state index in [1.54, 1.807) is 0 Å². The lowest BCUT2D eigenvalue weighted by Gasteiger charge is -2.37. The molecular formula is C33H35BrO3. The predicted molar refractivity (Wildman–Crippen MR) is 156 cm³/mol. The Morgan fingerprint density at radius 1 is 0.730 bits per heavy atom. The Kier molecular flexibility index (Phi) is 8.60. The van der Waals surface area contributed by atoms with Crippen molar-refractivity contribution < 1.29 is 14.2 Å². The molecule has 4 heteroatoms. The van der Waals surface area contributed by atoms with E-state index in [1.807, 2.05) is 0 Å². The van der Waals surface area contributed by atoms with Crippen molar-refractivity contribution in [1.29, 1.82) is 0 Å². The highest BCUT2D eigenvalue weighted by Gasteiger charge is 2.33. The molecule has 0 bridgehead atoms. The van der Waals surface area contributed by atoms with Crippen LogP contribution in [0.5, 0.6) is 5.75 Å². The zero-order valence-electron chi connectivity index (χ0n) is 21.5. The summed E-state index contributed by atoms with van der Waals surface area (Å²) in [5, 5.41) is 2.52. The number of unbranched alkanes of at least 4 members (excludes halogenated alkanes) is 3. The van der Waals surface area contributed by atoms with E-state index in [2.05, 4.69) is 108 Å². The van der Waals surface area contributed by atoms with Gasteiger partial charge in [-0.05, 0) is 76.6 Å². The minimum atomic E-state index is 0.251. The second kappa shape index (κ2) is 12.3. The van der Waals surface area contributed by atoms with Gasteiger partial charge in [-0.15, -0.1) is 0 Å². The van der Waals surface area contributed by atoms with Crippen molar-refractivity contribution in [3.05, 3.63) is 89.4 Å². The summed E-state index contributed by atoms with van der Waals surface area (Å²) in [6, 6.07) is 30.1. The summed E-state index contributed by atoms with van der Waals surface area (Å²) in [7, 11) is 0. The molecule has 1 heterocycles. The first-order valence-electron chi connectivity index (χ1n) is 13.3. The number of fused-ring (bicyclic) bond motifs is 1. The van der Waals surface area contributed by atoms with Gasteiger partial charge in [-0.1, -0.05) is 89.9 Å². The topological polar surface area (TPSA) is 27.7 Å². The van der Waals surface area contributed by atoms with Gasteiger partial charge in [-0.25, -0.2) is 0 Å². The van der Waals surface area contributed by atoms with E-state index >= 15 is 0 Å². The molecule has 3 nitrogen and oxygen atoms in total. The van der Waals surface area contributed by atoms with Crippen LogP contribution in [0.4, 0.5) is 0 Å². The Labute approximate surface area is 228 Å². The molecule has 4 aromatic carbocycles. The first kappa shape index (κ1) is 26.0. The standard InChI is InChI=1S/C33H35BrO3/c1-33(23-36-24-33)22-35-18-6-2-3-7-19-37-30-15-12-26(13-16-30)31-17-14-29(21-32(31)34)28-11-10-25-8-4-5-9-27(25)20-28/h4-5,8-17,20-21H,2-3,6-7,18-19,22-24H2,1H3. The maximum Gasteiger partial charge on any atom is 0.119 e. The lowest BCUT2D eigenvalue weighted by molar-refractivity contribution is -0.137. The van der Waals surface area contributed by atoms with Gasteiger partial charge < -0.3 is 14.2 Å². The van der Waals surface area contributed by atoms with Crippen molar-refractivity contribution in [1.82, 2.24) is 0 Å². The van der Waals surface area contributed by atoms with Crippen LogP contribution in [0.15, 0.2) is 89.4 Å². The van der Waals surface area contributed by atoms with Crippen molar-refractivity contribution in [2.75, 3.05) is 33.0 Å². The van der Waals surface area contributed by atoms with Crippen molar-refractivity contribution >= 4 is 26.7 Å². The Bertz CT molecular complexity index is 1310. The van der Waals surface area contributed by atoms with Gasteiger partial charge in [-0.2, -0.15) is 0 Å². The summed E-state index contributed by atoms with van der Waals surface area (Å²) in [5.41, 5.74) is 5.03. The van der Waals surface area contributed by atoms with E-state index in [9.17, 15) is 0 Å². The van der Waals surface area contributed by atoms with E-state index in [0.29, 0.717) is 0 Å². The van der Waals surface area contributed by atoms with Crippen molar-refractivity contribution in [2.24, 2.45) is 5.41 Å². The molecule has 0 aromatic heterocycles. The number of halogens is 1. The molecule has 192 valence electrons. The fraction of sp³-hybridized carbons (Fsp3) is 0.333. The van der Waals surface area contributed by atoms with Gasteiger partial charge in [0, 0.05) is 16.5 Å². The van der Waals surface area contributed by atoms with Crippen molar-refractivity contribution in [3.63, 3.8) is 0 Å². The molecule has 0 unspecified atom stereocenters. The lowest BCUT2D eigenvalue weighted by atomic mass is 9.90. The molecule has 1 aliphatic heterocycles. The maximum atomic E-state index is 5.98. The highest BCUT2D eigenvalue weighted by Crippen LogP contribution is 2.34. The third-order valence-electron chi connectivity index (χ3n) is 7.02. The van der Waals surface area contributed by atoms with E-state index in [1.165, 1.54) is 45.9 Å². The Hall–Kier alpha value is -2.66.